The van der Waals surface area contributed by atoms with Gasteiger partial charge in [-0.15, -0.1) is 0 Å². The lowest BCUT2D eigenvalue weighted by Gasteiger charge is -2.25. The van der Waals surface area contributed by atoms with Crippen molar-refractivity contribution in [1.82, 2.24) is 4.57 Å². The Morgan fingerprint density at radius 1 is 1.23 bits per heavy atom. The lowest BCUT2D eigenvalue weighted by atomic mass is 9.96. The molecule has 0 saturated heterocycles. The summed E-state index contributed by atoms with van der Waals surface area (Å²) >= 11 is 7.55. The molecule has 0 radical (unpaired) electrons. The maximum absolute atomic E-state index is 14.1. The molecule has 0 amide bonds. The molecule has 0 saturated carbocycles. The van der Waals surface area contributed by atoms with Crippen molar-refractivity contribution in [2.75, 3.05) is 7.11 Å². The van der Waals surface area contributed by atoms with Gasteiger partial charge in [-0.2, -0.15) is 0 Å². The van der Waals surface area contributed by atoms with Crippen LogP contribution in [0.25, 0.3) is 6.08 Å². The number of hydrogen-bond donors (Lipinski definition) is 0. The van der Waals surface area contributed by atoms with Gasteiger partial charge in [0.1, 0.15) is 11.9 Å². The quantitative estimate of drug-likeness (QED) is 0.585. The molecule has 1 aliphatic rings. The third-order valence-electron chi connectivity index (χ3n) is 4.82. The summed E-state index contributed by atoms with van der Waals surface area (Å²) in [6.45, 7) is 1.68. The molecule has 0 fully saturated rings. The zero-order valence-corrected chi connectivity index (χ0v) is 17.6. The molecule has 1 unspecified atom stereocenters. The first-order valence-corrected chi connectivity index (χ1v) is 10.2. The molecule has 1 atom stereocenters. The van der Waals surface area contributed by atoms with E-state index >= 15 is 0 Å². The number of carbonyl (C=O) groups excluding carboxylic acids is 1. The van der Waals surface area contributed by atoms with Crippen molar-refractivity contribution >= 4 is 35.0 Å². The number of thiazole rings is 1. The summed E-state index contributed by atoms with van der Waals surface area (Å²) in [5.41, 5.74) is 1.15. The molecule has 2 heterocycles. The molecular weight excluding hydrogens is 427 g/mol. The number of ether oxygens (including phenoxy) is 1. The number of halogens is 2. The van der Waals surface area contributed by atoms with Crippen LogP contribution in [0.1, 0.15) is 24.1 Å². The molecule has 0 spiro atoms. The van der Waals surface area contributed by atoms with Crippen LogP contribution in [0.3, 0.4) is 0 Å². The molecule has 1 aromatic heterocycles. The first-order valence-electron chi connectivity index (χ1n) is 9.02. The van der Waals surface area contributed by atoms with Gasteiger partial charge in [-0.1, -0.05) is 59.3 Å². The van der Waals surface area contributed by atoms with Crippen molar-refractivity contribution < 1.29 is 13.9 Å². The van der Waals surface area contributed by atoms with Gasteiger partial charge in [0.05, 0.1) is 22.9 Å². The van der Waals surface area contributed by atoms with Gasteiger partial charge in [-0.25, -0.2) is 14.2 Å². The van der Waals surface area contributed by atoms with Crippen molar-refractivity contribution in [3.8, 4) is 0 Å². The Bertz CT molecular complexity index is 1370. The molecule has 152 valence electrons. The van der Waals surface area contributed by atoms with Crippen LogP contribution in [0.2, 0.25) is 5.02 Å². The predicted molar refractivity (Wildman–Crippen MR) is 114 cm³/mol. The SMILES string of the molecule is COC(=O)C1=C(C)N=c2s/c(=C\c3ccccc3F)c(=O)n2C1c1ccccc1Cl. The Hall–Kier alpha value is -3.03. The summed E-state index contributed by atoms with van der Waals surface area (Å²) in [5.74, 6) is -1.03. The second kappa shape index (κ2) is 8.01. The van der Waals surface area contributed by atoms with Gasteiger partial charge >= 0.3 is 5.97 Å². The van der Waals surface area contributed by atoms with E-state index in [1.165, 1.54) is 23.8 Å². The number of aromatic nitrogens is 1. The Labute approximate surface area is 180 Å². The molecule has 0 aliphatic carbocycles. The van der Waals surface area contributed by atoms with E-state index in [2.05, 4.69) is 4.99 Å². The minimum Gasteiger partial charge on any atom is -0.466 e. The van der Waals surface area contributed by atoms with Gasteiger partial charge in [-0.3, -0.25) is 9.36 Å². The predicted octanol–water partition coefficient (Wildman–Crippen LogP) is 3.20. The van der Waals surface area contributed by atoms with E-state index in [4.69, 9.17) is 16.3 Å². The standard InChI is InChI=1S/C22H16ClFN2O3S/c1-12-18(21(28)29-2)19(14-8-4-5-9-15(14)23)26-20(27)17(30-22(26)25-12)11-13-7-3-6-10-16(13)24/h3-11,19H,1-2H3/b17-11-. The summed E-state index contributed by atoms with van der Waals surface area (Å²) in [7, 11) is 1.27. The molecule has 4 rings (SSSR count). The second-order valence-electron chi connectivity index (χ2n) is 6.62. The Balaban J connectivity index is 2.03. The first-order chi connectivity index (χ1) is 14.4. The minimum atomic E-state index is -0.801. The minimum absolute atomic E-state index is 0.232. The summed E-state index contributed by atoms with van der Waals surface area (Å²) < 4.78 is 20.8. The van der Waals surface area contributed by atoms with Crippen LogP contribution in [0.5, 0.6) is 0 Å². The van der Waals surface area contributed by atoms with Crippen LogP contribution in [0, 0.1) is 5.82 Å². The maximum atomic E-state index is 14.1. The van der Waals surface area contributed by atoms with Crippen molar-refractivity contribution in [3.63, 3.8) is 0 Å². The number of rotatable bonds is 3. The highest BCUT2D eigenvalue weighted by Crippen LogP contribution is 2.34. The molecule has 0 bridgehead atoms. The Morgan fingerprint density at radius 2 is 1.93 bits per heavy atom. The fourth-order valence-electron chi connectivity index (χ4n) is 3.42. The van der Waals surface area contributed by atoms with E-state index in [1.54, 1.807) is 49.4 Å². The van der Waals surface area contributed by atoms with Crippen LogP contribution >= 0.6 is 22.9 Å². The zero-order valence-electron chi connectivity index (χ0n) is 16.1. The fourth-order valence-corrected chi connectivity index (χ4v) is 4.69. The number of allylic oxidation sites excluding steroid dienone is 1. The van der Waals surface area contributed by atoms with Crippen LogP contribution < -0.4 is 14.9 Å². The van der Waals surface area contributed by atoms with E-state index in [0.29, 0.717) is 31.2 Å². The van der Waals surface area contributed by atoms with Gasteiger partial charge in [0.25, 0.3) is 5.56 Å². The lowest BCUT2D eigenvalue weighted by Crippen LogP contribution is -2.39. The van der Waals surface area contributed by atoms with Crippen molar-refractivity contribution in [2.45, 2.75) is 13.0 Å². The summed E-state index contributed by atoms with van der Waals surface area (Å²) in [4.78, 5) is 30.8. The Morgan fingerprint density at radius 3 is 2.63 bits per heavy atom. The highest BCUT2D eigenvalue weighted by molar-refractivity contribution is 7.07. The summed E-state index contributed by atoms with van der Waals surface area (Å²) in [5, 5.41) is 0.405. The number of fused-ring (bicyclic) bond motifs is 1. The second-order valence-corrected chi connectivity index (χ2v) is 8.03. The third kappa shape index (κ3) is 3.40. The van der Waals surface area contributed by atoms with Gasteiger partial charge < -0.3 is 4.74 Å². The van der Waals surface area contributed by atoms with E-state index < -0.39 is 17.8 Å². The molecule has 8 heteroatoms. The number of methoxy groups -OCH3 is 1. The first kappa shape index (κ1) is 20.3. The highest BCUT2D eigenvalue weighted by Gasteiger charge is 2.34. The number of hydrogen-bond acceptors (Lipinski definition) is 5. The van der Waals surface area contributed by atoms with E-state index in [0.717, 1.165) is 11.3 Å². The van der Waals surface area contributed by atoms with Crippen LogP contribution in [-0.4, -0.2) is 17.6 Å². The van der Waals surface area contributed by atoms with Gasteiger partial charge in [0, 0.05) is 10.6 Å². The number of benzene rings is 2. The summed E-state index contributed by atoms with van der Waals surface area (Å²) in [6.07, 6.45) is 1.49. The maximum Gasteiger partial charge on any atom is 0.338 e. The van der Waals surface area contributed by atoms with Crippen LogP contribution in [0.15, 0.2) is 69.6 Å². The molecular formula is C22H16ClFN2O3S. The molecule has 1 aliphatic heterocycles. The smallest absolute Gasteiger partial charge is 0.338 e. The molecule has 5 nitrogen and oxygen atoms in total. The third-order valence-corrected chi connectivity index (χ3v) is 6.15. The van der Waals surface area contributed by atoms with E-state index in [9.17, 15) is 14.0 Å². The molecule has 3 aromatic rings. The lowest BCUT2D eigenvalue weighted by molar-refractivity contribution is -0.136. The van der Waals surface area contributed by atoms with Gasteiger partial charge in [-0.05, 0) is 30.7 Å². The monoisotopic (exact) mass is 442 g/mol. The van der Waals surface area contributed by atoms with Crippen molar-refractivity contribution in [3.05, 3.63) is 101 Å². The normalized spacial score (nSPS) is 16.3. The van der Waals surface area contributed by atoms with Crippen molar-refractivity contribution in [2.24, 2.45) is 4.99 Å². The topological polar surface area (TPSA) is 60.7 Å². The average Bonchev–Trinajstić information content (AvgIpc) is 3.03. The van der Waals surface area contributed by atoms with Gasteiger partial charge in [0.15, 0.2) is 4.80 Å². The molecule has 0 N–H and O–H groups in total. The average molecular weight is 443 g/mol. The summed E-state index contributed by atoms with van der Waals surface area (Å²) in [6, 6.07) is 12.4. The number of nitrogens with zero attached hydrogens (tertiary/aromatic N) is 2. The van der Waals surface area contributed by atoms with Crippen LogP contribution in [0.4, 0.5) is 4.39 Å². The molecule has 30 heavy (non-hydrogen) atoms. The van der Waals surface area contributed by atoms with E-state index in [-0.39, 0.29) is 11.1 Å². The Kier molecular flexibility index (Phi) is 5.40. The highest BCUT2D eigenvalue weighted by atomic mass is 35.5. The number of carbonyl (C=O) groups is 1. The van der Waals surface area contributed by atoms with Gasteiger partial charge in [0.2, 0.25) is 0 Å². The molecule has 2 aromatic carbocycles. The van der Waals surface area contributed by atoms with Crippen LogP contribution in [-0.2, 0) is 9.53 Å². The zero-order chi connectivity index (χ0) is 21.4. The number of esters is 1. The van der Waals surface area contributed by atoms with E-state index in [1.807, 2.05) is 0 Å². The van der Waals surface area contributed by atoms with Crippen molar-refractivity contribution in [1.29, 1.82) is 0 Å². The fraction of sp³-hybridized carbons (Fsp3) is 0.136. The largest absolute Gasteiger partial charge is 0.466 e.